The third-order valence-corrected chi connectivity index (χ3v) is 3.23. The van der Waals surface area contributed by atoms with Crippen LogP contribution in [0.5, 0.6) is 0 Å². The number of carbonyl (C=O) groups excluding carboxylic acids is 4. The summed E-state index contributed by atoms with van der Waals surface area (Å²) in [5, 5.41) is 0. The van der Waals surface area contributed by atoms with Crippen molar-refractivity contribution in [2.24, 2.45) is 5.41 Å². The zero-order chi connectivity index (χ0) is 19.8. The van der Waals surface area contributed by atoms with Gasteiger partial charge in [0.1, 0.15) is 31.0 Å². The van der Waals surface area contributed by atoms with Crippen LogP contribution in [0, 0.1) is 5.41 Å². The predicted molar refractivity (Wildman–Crippen MR) is 90.4 cm³/mol. The van der Waals surface area contributed by atoms with Crippen molar-refractivity contribution in [3.63, 3.8) is 0 Å². The highest BCUT2D eigenvalue weighted by Gasteiger charge is 2.41. The lowest BCUT2D eigenvalue weighted by Gasteiger charge is -2.29. The van der Waals surface area contributed by atoms with E-state index in [2.05, 4.69) is 19.7 Å². The van der Waals surface area contributed by atoms with Gasteiger partial charge < -0.3 is 14.2 Å². The Kier molecular flexibility index (Phi) is 8.53. The number of rotatable bonds is 10. The van der Waals surface area contributed by atoms with Gasteiger partial charge in [0.15, 0.2) is 0 Å². The Labute approximate surface area is 147 Å². The van der Waals surface area contributed by atoms with Gasteiger partial charge in [0.05, 0.1) is 0 Å². The molecule has 0 rings (SSSR count). The summed E-state index contributed by atoms with van der Waals surface area (Å²) >= 11 is 0. The zero-order valence-electron chi connectivity index (χ0n) is 15.1. The summed E-state index contributed by atoms with van der Waals surface area (Å²) in [5.74, 6) is -2.64. The molecule has 0 aromatic carbocycles. The van der Waals surface area contributed by atoms with Gasteiger partial charge in [-0.25, -0.2) is 14.4 Å². The first-order chi connectivity index (χ1) is 11.4. The summed E-state index contributed by atoms with van der Waals surface area (Å²) in [4.78, 5) is 47.1. The second-order valence-corrected chi connectivity index (χ2v) is 5.91. The Morgan fingerprint density at radius 3 is 1.04 bits per heavy atom. The molecular weight excluding hydrogens is 328 g/mol. The van der Waals surface area contributed by atoms with E-state index in [1.807, 2.05) is 0 Å². The molecule has 0 saturated carbocycles. The maximum absolute atomic E-state index is 12.2. The van der Waals surface area contributed by atoms with Gasteiger partial charge in [0, 0.05) is 16.7 Å². The monoisotopic (exact) mass is 352 g/mol. The first-order valence-corrected chi connectivity index (χ1v) is 7.42. The van der Waals surface area contributed by atoms with Crippen molar-refractivity contribution in [1.82, 2.24) is 0 Å². The molecule has 25 heavy (non-hydrogen) atoms. The number of ether oxygens (including phenoxy) is 3. The van der Waals surface area contributed by atoms with Crippen LogP contribution in [0.25, 0.3) is 0 Å². The fourth-order valence-electron chi connectivity index (χ4n) is 1.41. The minimum atomic E-state index is -1.54. The zero-order valence-corrected chi connectivity index (χ0v) is 15.1. The Hall–Kier alpha value is -2.70. The van der Waals surface area contributed by atoms with Gasteiger partial charge in [-0.2, -0.15) is 0 Å². The lowest BCUT2D eigenvalue weighted by Crippen LogP contribution is -2.45. The van der Waals surface area contributed by atoms with Crippen LogP contribution in [0.2, 0.25) is 0 Å². The molecule has 0 aromatic rings. The molecule has 138 valence electrons. The van der Waals surface area contributed by atoms with E-state index < -0.39 is 48.9 Å². The highest BCUT2D eigenvalue weighted by atomic mass is 16.6. The second-order valence-electron chi connectivity index (χ2n) is 5.91. The smallest absolute Gasteiger partial charge is 0.333 e. The Morgan fingerprint density at radius 2 is 0.880 bits per heavy atom. The number of hydrogen-bond donors (Lipinski definition) is 0. The minimum absolute atomic E-state index is 0.135. The molecule has 0 amide bonds. The van der Waals surface area contributed by atoms with Gasteiger partial charge in [0.2, 0.25) is 0 Å². The van der Waals surface area contributed by atoms with Crippen LogP contribution in [-0.4, -0.2) is 43.5 Å². The summed E-state index contributed by atoms with van der Waals surface area (Å²) < 4.78 is 15.1. The molecule has 0 saturated heterocycles. The average Bonchev–Trinajstić information content (AvgIpc) is 2.52. The van der Waals surface area contributed by atoms with Crippen molar-refractivity contribution in [2.45, 2.75) is 27.7 Å². The van der Waals surface area contributed by atoms with E-state index in [4.69, 9.17) is 14.2 Å². The van der Waals surface area contributed by atoms with Gasteiger partial charge in [-0.15, -0.1) is 0 Å². The van der Waals surface area contributed by atoms with E-state index in [0.29, 0.717) is 0 Å². The maximum atomic E-state index is 12.2. The fraction of sp³-hybridized carbons (Fsp3) is 0.444. The van der Waals surface area contributed by atoms with Crippen molar-refractivity contribution >= 4 is 23.7 Å². The van der Waals surface area contributed by atoms with Gasteiger partial charge in [-0.3, -0.25) is 4.79 Å². The second kappa shape index (κ2) is 9.56. The molecule has 7 heteroatoms. The SMILES string of the molecule is C=C(C)C(=O)OCC(COC(=O)C(=C)C)(COC(=O)C(=C)C)C(C)=O. The third-order valence-electron chi connectivity index (χ3n) is 3.23. The topological polar surface area (TPSA) is 96.0 Å². The average molecular weight is 352 g/mol. The van der Waals surface area contributed by atoms with Crippen molar-refractivity contribution in [3.05, 3.63) is 36.5 Å². The highest BCUT2D eigenvalue weighted by Crippen LogP contribution is 2.23. The third kappa shape index (κ3) is 7.15. The molecular formula is C18H24O7. The first kappa shape index (κ1) is 22.3. The maximum Gasteiger partial charge on any atom is 0.333 e. The summed E-state index contributed by atoms with van der Waals surface area (Å²) in [6.07, 6.45) is 0. The number of esters is 3. The van der Waals surface area contributed by atoms with Gasteiger partial charge in [-0.05, 0) is 27.7 Å². The molecule has 0 N–H and O–H groups in total. The number of carbonyl (C=O) groups is 4. The Morgan fingerprint density at radius 1 is 0.640 bits per heavy atom. The van der Waals surface area contributed by atoms with Crippen LogP contribution in [-0.2, 0) is 33.4 Å². The summed E-state index contributed by atoms with van der Waals surface area (Å²) in [7, 11) is 0. The molecule has 0 aliphatic rings. The Bertz CT molecular complexity index is 539. The number of Topliss-reactive ketones (excluding diaryl/α,β-unsaturated/α-hetero) is 1. The lowest BCUT2D eigenvalue weighted by molar-refractivity contribution is -0.161. The van der Waals surface area contributed by atoms with Gasteiger partial charge in [-0.1, -0.05) is 19.7 Å². The van der Waals surface area contributed by atoms with E-state index in [1.54, 1.807) is 0 Å². The first-order valence-electron chi connectivity index (χ1n) is 7.42. The predicted octanol–water partition coefficient (Wildman–Crippen LogP) is 1.92. The van der Waals surface area contributed by atoms with E-state index in [-0.39, 0.29) is 16.7 Å². The van der Waals surface area contributed by atoms with Crippen LogP contribution < -0.4 is 0 Å². The standard InChI is InChI=1S/C18H24O7/c1-11(2)15(20)23-8-18(14(7)19,9-24-16(21)12(3)4)10-25-17(22)13(5)6/h1,3,5,8-10H2,2,4,6-7H3. The van der Waals surface area contributed by atoms with Crippen molar-refractivity contribution < 1.29 is 33.4 Å². The lowest BCUT2D eigenvalue weighted by atomic mass is 9.86. The van der Waals surface area contributed by atoms with Crippen molar-refractivity contribution in [3.8, 4) is 0 Å². The van der Waals surface area contributed by atoms with Crippen LogP contribution in [0.3, 0.4) is 0 Å². The van der Waals surface area contributed by atoms with Crippen molar-refractivity contribution in [1.29, 1.82) is 0 Å². The summed E-state index contributed by atoms with van der Waals surface area (Å²) in [5.41, 5.74) is -1.14. The number of ketones is 1. The highest BCUT2D eigenvalue weighted by molar-refractivity contribution is 5.90. The quantitative estimate of drug-likeness (QED) is 0.337. The van der Waals surface area contributed by atoms with Crippen LogP contribution in [0.1, 0.15) is 27.7 Å². The van der Waals surface area contributed by atoms with Crippen LogP contribution >= 0.6 is 0 Å². The van der Waals surface area contributed by atoms with Gasteiger partial charge >= 0.3 is 17.9 Å². The molecule has 0 aliphatic carbocycles. The molecule has 0 heterocycles. The van der Waals surface area contributed by atoms with E-state index in [0.717, 1.165) is 0 Å². The fourth-order valence-corrected chi connectivity index (χ4v) is 1.41. The van der Waals surface area contributed by atoms with E-state index >= 15 is 0 Å². The van der Waals surface area contributed by atoms with Gasteiger partial charge in [0.25, 0.3) is 0 Å². The Balaban J connectivity index is 5.39. The molecule has 0 bridgehead atoms. The van der Waals surface area contributed by atoms with E-state index in [9.17, 15) is 19.2 Å². The van der Waals surface area contributed by atoms with E-state index in [1.165, 1.54) is 27.7 Å². The van der Waals surface area contributed by atoms with Crippen molar-refractivity contribution in [2.75, 3.05) is 19.8 Å². The normalized spacial score (nSPS) is 10.4. The van der Waals surface area contributed by atoms with Crippen LogP contribution in [0.4, 0.5) is 0 Å². The molecule has 0 fully saturated rings. The summed E-state index contributed by atoms with van der Waals surface area (Å²) in [6.45, 7) is 14.5. The molecule has 0 aliphatic heterocycles. The molecule has 0 spiro atoms. The largest absolute Gasteiger partial charge is 0.461 e. The molecule has 0 radical (unpaired) electrons. The molecule has 7 nitrogen and oxygen atoms in total. The molecule has 0 unspecified atom stereocenters. The molecule has 0 atom stereocenters. The van der Waals surface area contributed by atoms with Crippen LogP contribution in [0.15, 0.2) is 36.5 Å². The minimum Gasteiger partial charge on any atom is -0.461 e. The number of hydrogen-bond acceptors (Lipinski definition) is 7. The molecule has 0 aromatic heterocycles. The summed E-state index contributed by atoms with van der Waals surface area (Å²) in [6, 6.07) is 0.